The van der Waals surface area contributed by atoms with Crippen molar-refractivity contribution in [2.45, 2.75) is 18.7 Å². The number of hydrogen-bond donors (Lipinski definition) is 1. The molecule has 1 atom stereocenters. The van der Waals surface area contributed by atoms with Crippen LogP contribution in [0.25, 0.3) is 5.57 Å². The minimum atomic E-state index is -4.62. The van der Waals surface area contributed by atoms with E-state index in [0.29, 0.717) is 5.56 Å². The maximum Gasteiger partial charge on any atom is 0.425 e. The van der Waals surface area contributed by atoms with Crippen molar-refractivity contribution in [2.75, 3.05) is 0 Å². The highest BCUT2D eigenvalue weighted by Gasteiger charge is 2.63. The molecule has 0 saturated carbocycles. The Kier molecular flexibility index (Phi) is 1.95. The van der Waals surface area contributed by atoms with Gasteiger partial charge >= 0.3 is 6.18 Å². The highest BCUT2D eigenvalue weighted by Crippen LogP contribution is 2.52. The summed E-state index contributed by atoms with van der Waals surface area (Å²) in [4.78, 5) is 0. The van der Waals surface area contributed by atoms with Gasteiger partial charge in [-0.15, -0.1) is 0 Å². The number of aliphatic hydroxyl groups is 1. The van der Waals surface area contributed by atoms with E-state index < -0.39 is 11.8 Å². The molecule has 0 fully saturated rings. The first kappa shape index (κ1) is 10.2. The molecule has 0 aromatic heterocycles. The predicted molar refractivity (Wildman–Crippen MR) is 50.2 cm³/mol. The monoisotopic (exact) mass is 214 g/mol. The SMILES string of the molecule is Cc1ccc(C2=CC2(O)C(F)(F)F)cc1. The zero-order chi connectivity index (χ0) is 11.3. The first-order chi connectivity index (χ1) is 6.84. The Hall–Kier alpha value is -1.29. The molecule has 0 aliphatic heterocycles. The largest absolute Gasteiger partial charge is 0.425 e. The fraction of sp³-hybridized carbons (Fsp3) is 0.273. The summed E-state index contributed by atoms with van der Waals surface area (Å²) < 4.78 is 37.0. The summed E-state index contributed by atoms with van der Waals surface area (Å²) in [6.45, 7) is 1.85. The molecule has 1 aliphatic rings. The third-order valence-electron chi connectivity index (χ3n) is 2.48. The smallest absolute Gasteiger partial charge is 0.373 e. The second-order valence-corrected chi connectivity index (χ2v) is 3.69. The van der Waals surface area contributed by atoms with E-state index >= 15 is 0 Å². The normalized spacial score (nSPS) is 25.0. The van der Waals surface area contributed by atoms with Gasteiger partial charge in [0.1, 0.15) is 0 Å². The summed E-state index contributed by atoms with van der Waals surface area (Å²) in [6.07, 6.45) is -3.79. The Morgan fingerprint density at radius 1 is 1.13 bits per heavy atom. The van der Waals surface area contributed by atoms with E-state index in [-0.39, 0.29) is 5.57 Å². The quantitative estimate of drug-likeness (QED) is 0.762. The van der Waals surface area contributed by atoms with Crippen LogP contribution < -0.4 is 0 Å². The number of benzene rings is 1. The van der Waals surface area contributed by atoms with E-state index in [9.17, 15) is 18.3 Å². The molecular formula is C11H9F3O. The molecule has 4 heteroatoms. The van der Waals surface area contributed by atoms with Crippen LogP contribution in [0.2, 0.25) is 0 Å². The molecule has 1 unspecified atom stereocenters. The van der Waals surface area contributed by atoms with Crippen molar-refractivity contribution in [3.8, 4) is 0 Å². The Balaban J connectivity index is 2.24. The fourth-order valence-electron chi connectivity index (χ4n) is 1.44. The van der Waals surface area contributed by atoms with Crippen molar-refractivity contribution in [2.24, 2.45) is 0 Å². The number of alkyl halides is 3. The van der Waals surface area contributed by atoms with E-state index in [2.05, 4.69) is 0 Å². The van der Waals surface area contributed by atoms with Gasteiger partial charge in [0.25, 0.3) is 0 Å². The minimum Gasteiger partial charge on any atom is -0.373 e. The van der Waals surface area contributed by atoms with Gasteiger partial charge in [-0.05, 0) is 18.6 Å². The van der Waals surface area contributed by atoms with Crippen LogP contribution in [0, 0.1) is 6.92 Å². The fourth-order valence-corrected chi connectivity index (χ4v) is 1.44. The molecule has 1 aromatic carbocycles. The lowest BCUT2D eigenvalue weighted by Gasteiger charge is -2.15. The Morgan fingerprint density at radius 3 is 2.07 bits per heavy atom. The topological polar surface area (TPSA) is 20.2 Å². The van der Waals surface area contributed by atoms with Crippen molar-refractivity contribution >= 4 is 5.57 Å². The van der Waals surface area contributed by atoms with Crippen LogP contribution >= 0.6 is 0 Å². The molecular weight excluding hydrogens is 205 g/mol. The molecule has 1 aliphatic carbocycles. The molecule has 0 radical (unpaired) electrons. The molecule has 0 heterocycles. The van der Waals surface area contributed by atoms with Crippen molar-refractivity contribution < 1.29 is 18.3 Å². The van der Waals surface area contributed by atoms with Crippen molar-refractivity contribution in [3.05, 3.63) is 41.5 Å². The minimum absolute atomic E-state index is 0.0602. The van der Waals surface area contributed by atoms with Crippen molar-refractivity contribution in [1.82, 2.24) is 0 Å². The van der Waals surface area contributed by atoms with Crippen LogP contribution in [0.4, 0.5) is 13.2 Å². The van der Waals surface area contributed by atoms with E-state index in [1.54, 1.807) is 24.3 Å². The summed E-state index contributed by atoms with van der Waals surface area (Å²) in [5.74, 6) is 0. The lowest BCUT2D eigenvalue weighted by atomic mass is 10.1. The van der Waals surface area contributed by atoms with Gasteiger partial charge in [0.05, 0.1) is 0 Å². The van der Waals surface area contributed by atoms with Gasteiger partial charge in [-0.25, -0.2) is 0 Å². The summed E-state index contributed by atoms with van der Waals surface area (Å²) in [5.41, 5.74) is -1.38. The summed E-state index contributed by atoms with van der Waals surface area (Å²) in [7, 11) is 0. The van der Waals surface area contributed by atoms with Crippen LogP contribution in [0.3, 0.4) is 0 Å². The molecule has 0 bridgehead atoms. The number of rotatable bonds is 1. The number of aryl methyl sites for hydroxylation is 1. The van der Waals surface area contributed by atoms with E-state index in [4.69, 9.17) is 0 Å². The Labute approximate surface area is 84.9 Å². The highest BCUT2D eigenvalue weighted by molar-refractivity contribution is 5.88. The molecule has 1 aromatic rings. The highest BCUT2D eigenvalue weighted by atomic mass is 19.4. The molecule has 1 nitrogen and oxygen atoms in total. The van der Waals surface area contributed by atoms with Crippen LogP contribution in [0.15, 0.2) is 30.3 Å². The Morgan fingerprint density at radius 2 is 1.67 bits per heavy atom. The van der Waals surface area contributed by atoms with E-state index in [1.165, 1.54) is 0 Å². The molecule has 0 amide bonds. The number of halogens is 3. The maximum atomic E-state index is 12.3. The molecule has 0 saturated heterocycles. The average Bonchev–Trinajstić information content (AvgIpc) is 2.80. The van der Waals surface area contributed by atoms with Crippen LogP contribution in [0.1, 0.15) is 11.1 Å². The van der Waals surface area contributed by atoms with Gasteiger partial charge < -0.3 is 5.11 Å². The van der Waals surface area contributed by atoms with Gasteiger partial charge in [0.2, 0.25) is 5.60 Å². The molecule has 2 rings (SSSR count). The lowest BCUT2D eigenvalue weighted by Crippen LogP contribution is -2.33. The molecule has 80 valence electrons. The van der Waals surface area contributed by atoms with Gasteiger partial charge in [0.15, 0.2) is 0 Å². The van der Waals surface area contributed by atoms with Gasteiger partial charge in [-0.3, -0.25) is 0 Å². The zero-order valence-corrected chi connectivity index (χ0v) is 7.97. The second-order valence-electron chi connectivity index (χ2n) is 3.69. The first-order valence-corrected chi connectivity index (χ1v) is 4.44. The van der Waals surface area contributed by atoms with Crippen molar-refractivity contribution in [1.29, 1.82) is 0 Å². The van der Waals surface area contributed by atoms with E-state index in [1.807, 2.05) is 6.92 Å². The first-order valence-electron chi connectivity index (χ1n) is 4.44. The van der Waals surface area contributed by atoms with Crippen LogP contribution in [-0.4, -0.2) is 16.9 Å². The molecule has 15 heavy (non-hydrogen) atoms. The maximum absolute atomic E-state index is 12.3. The van der Waals surface area contributed by atoms with Gasteiger partial charge in [0, 0.05) is 5.57 Å². The zero-order valence-electron chi connectivity index (χ0n) is 7.97. The molecule has 0 spiro atoms. The van der Waals surface area contributed by atoms with Crippen LogP contribution in [0.5, 0.6) is 0 Å². The van der Waals surface area contributed by atoms with Crippen LogP contribution in [-0.2, 0) is 0 Å². The standard InChI is InChI=1S/C11H9F3O/c1-7-2-4-8(5-3-7)9-6-10(9,15)11(12,13)14/h2-6,15H,1H3. The third-order valence-corrected chi connectivity index (χ3v) is 2.48. The summed E-state index contributed by atoms with van der Waals surface area (Å²) in [6, 6.07) is 6.58. The van der Waals surface area contributed by atoms with Gasteiger partial charge in [-0.1, -0.05) is 29.8 Å². The predicted octanol–water partition coefficient (Wildman–Crippen LogP) is 2.69. The second kappa shape index (κ2) is 2.85. The Bertz CT molecular complexity index is 416. The summed E-state index contributed by atoms with van der Waals surface area (Å²) >= 11 is 0. The van der Waals surface area contributed by atoms with E-state index in [0.717, 1.165) is 11.6 Å². The summed E-state index contributed by atoms with van der Waals surface area (Å²) in [5, 5.41) is 9.23. The lowest BCUT2D eigenvalue weighted by molar-refractivity contribution is -0.204. The molecule has 1 N–H and O–H groups in total. The van der Waals surface area contributed by atoms with Crippen molar-refractivity contribution in [3.63, 3.8) is 0 Å². The number of hydrogen-bond acceptors (Lipinski definition) is 1. The third kappa shape index (κ3) is 1.55. The van der Waals surface area contributed by atoms with Gasteiger partial charge in [-0.2, -0.15) is 13.2 Å². The average molecular weight is 214 g/mol.